The average Bonchev–Trinajstić information content (AvgIpc) is 2.79. The Kier molecular flexibility index (Phi) is 5.14. The molecule has 2 heterocycles. The van der Waals surface area contributed by atoms with Gasteiger partial charge in [0.1, 0.15) is 16.0 Å². The van der Waals surface area contributed by atoms with Crippen LogP contribution in [0.3, 0.4) is 0 Å². The van der Waals surface area contributed by atoms with Crippen LogP contribution in [0.5, 0.6) is 0 Å². The summed E-state index contributed by atoms with van der Waals surface area (Å²) in [7, 11) is 0. The zero-order chi connectivity index (χ0) is 16.4. The fourth-order valence-corrected chi connectivity index (χ4v) is 3.31. The molecule has 1 aliphatic heterocycles. The number of aromatic nitrogens is 1. The van der Waals surface area contributed by atoms with Gasteiger partial charge in [-0.2, -0.15) is 0 Å². The molecule has 0 radical (unpaired) electrons. The second-order valence-electron chi connectivity index (χ2n) is 5.36. The quantitative estimate of drug-likeness (QED) is 0.697. The van der Waals surface area contributed by atoms with Crippen LogP contribution in [0, 0.1) is 5.82 Å². The van der Waals surface area contributed by atoms with Crippen LogP contribution in [0.25, 0.3) is 0 Å². The fraction of sp³-hybridized carbons (Fsp3) is 0.312. The molecule has 1 aromatic carbocycles. The minimum absolute atomic E-state index is 0.146. The van der Waals surface area contributed by atoms with E-state index in [0.29, 0.717) is 10.2 Å². The van der Waals surface area contributed by atoms with Crippen LogP contribution in [-0.2, 0) is 0 Å². The molecule has 3 rings (SSSR count). The molecule has 1 aromatic heterocycles. The van der Waals surface area contributed by atoms with Gasteiger partial charge in [0.05, 0.1) is 10.7 Å². The summed E-state index contributed by atoms with van der Waals surface area (Å²) < 4.78 is 13.3. The van der Waals surface area contributed by atoms with Crippen molar-refractivity contribution in [3.63, 3.8) is 0 Å². The summed E-state index contributed by atoms with van der Waals surface area (Å²) in [5.74, 6) is -0.398. The van der Waals surface area contributed by atoms with E-state index in [-0.39, 0.29) is 5.02 Å². The van der Waals surface area contributed by atoms with Crippen molar-refractivity contribution < 1.29 is 4.39 Å². The Labute approximate surface area is 149 Å². The first-order valence-electron chi connectivity index (χ1n) is 7.31. The van der Waals surface area contributed by atoms with E-state index in [9.17, 15) is 4.39 Å². The molecule has 7 heteroatoms. The maximum absolute atomic E-state index is 13.3. The van der Waals surface area contributed by atoms with Gasteiger partial charge in [0.15, 0.2) is 0 Å². The molecule has 1 aliphatic rings. The number of benzene rings is 1. The Morgan fingerprint density at radius 2 is 1.70 bits per heavy atom. The predicted octanol–water partition coefficient (Wildman–Crippen LogP) is 4.90. The Bertz CT molecular complexity index is 711. The van der Waals surface area contributed by atoms with Crippen molar-refractivity contribution in [3.8, 4) is 0 Å². The van der Waals surface area contributed by atoms with Crippen LogP contribution in [0.1, 0.15) is 6.42 Å². The normalized spacial score (nSPS) is 15.7. The van der Waals surface area contributed by atoms with Crippen LogP contribution in [0.15, 0.2) is 30.5 Å². The van der Waals surface area contributed by atoms with Crippen molar-refractivity contribution in [3.05, 3.63) is 51.5 Å². The number of anilines is 2. The molecule has 0 aliphatic carbocycles. The topological polar surface area (TPSA) is 19.4 Å². The summed E-state index contributed by atoms with van der Waals surface area (Å²) in [6.45, 7) is 3.31. The number of rotatable bonds is 2. The number of halogens is 4. The lowest BCUT2D eigenvalue weighted by Crippen LogP contribution is -2.30. The highest BCUT2D eigenvalue weighted by atomic mass is 35.5. The lowest BCUT2D eigenvalue weighted by molar-refractivity contribution is 0.628. The van der Waals surface area contributed by atoms with Crippen LogP contribution in [0.4, 0.5) is 15.8 Å². The van der Waals surface area contributed by atoms with Gasteiger partial charge in [0, 0.05) is 38.1 Å². The first kappa shape index (κ1) is 16.6. The molecule has 1 fully saturated rings. The fourth-order valence-electron chi connectivity index (χ4n) is 2.75. The first-order valence-corrected chi connectivity index (χ1v) is 8.44. The van der Waals surface area contributed by atoms with Crippen molar-refractivity contribution >= 4 is 46.2 Å². The van der Waals surface area contributed by atoms with Crippen LogP contribution < -0.4 is 9.80 Å². The van der Waals surface area contributed by atoms with Gasteiger partial charge in [-0.25, -0.2) is 9.37 Å². The van der Waals surface area contributed by atoms with E-state index in [1.807, 2.05) is 6.07 Å². The standard InChI is InChI=1S/C16H15Cl3FN3/c17-12-10-11(2-3-13(12)20)22-6-1-7-23(9-8-22)14-4-5-21-16(19)15(14)18/h2-5,10H,1,6-9H2. The van der Waals surface area contributed by atoms with Crippen molar-refractivity contribution in [2.24, 2.45) is 0 Å². The molecule has 0 atom stereocenters. The van der Waals surface area contributed by atoms with E-state index < -0.39 is 5.82 Å². The summed E-state index contributed by atoms with van der Waals surface area (Å²) >= 11 is 18.1. The Hall–Kier alpha value is -1.23. The van der Waals surface area contributed by atoms with Crippen molar-refractivity contribution in [1.82, 2.24) is 4.98 Å². The van der Waals surface area contributed by atoms with Gasteiger partial charge in [0.2, 0.25) is 0 Å². The van der Waals surface area contributed by atoms with Crippen molar-refractivity contribution in [2.45, 2.75) is 6.42 Å². The summed E-state index contributed by atoms with van der Waals surface area (Å²) in [6, 6.07) is 6.70. The minimum Gasteiger partial charge on any atom is -0.370 e. The maximum Gasteiger partial charge on any atom is 0.149 e. The molecule has 1 saturated heterocycles. The SMILES string of the molecule is Fc1ccc(N2CCCN(c3ccnc(Cl)c3Cl)CC2)cc1Cl. The van der Waals surface area contributed by atoms with Crippen LogP contribution in [0.2, 0.25) is 15.2 Å². The maximum atomic E-state index is 13.3. The zero-order valence-corrected chi connectivity index (χ0v) is 14.5. The Balaban J connectivity index is 1.76. The third-order valence-electron chi connectivity index (χ3n) is 3.93. The van der Waals surface area contributed by atoms with Gasteiger partial charge in [-0.3, -0.25) is 0 Å². The molecule has 0 spiro atoms. The smallest absolute Gasteiger partial charge is 0.149 e. The number of nitrogens with zero attached hydrogens (tertiary/aromatic N) is 3. The van der Waals surface area contributed by atoms with Crippen molar-refractivity contribution in [2.75, 3.05) is 36.0 Å². The van der Waals surface area contributed by atoms with E-state index in [4.69, 9.17) is 34.8 Å². The Morgan fingerprint density at radius 3 is 2.48 bits per heavy atom. The van der Waals surface area contributed by atoms with Gasteiger partial charge in [-0.15, -0.1) is 0 Å². The lowest BCUT2D eigenvalue weighted by atomic mass is 10.2. The molecule has 2 aromatic rings. The lowest BCUT2D eigenvalue weighted by Gasteiger charge is -2.25. The molecular formula is C16H15Cl3FN3. The van der Waals surface area contributed by atoms with E-state index in [1.165, 1.54) is 6.07 Å². The van der Waals surface area contributed by atoms with Crippen LogP contribution >= 0.6 is 34.8 Å². The average molecular weight is 375 g/mol. The van der Waals surface area contributed by atoms with Gasteiger partial charge in [-0.1, -0.05) is 34.8 Å². The van der Waals surface area contributed by atoms with Gasteiger partial charge in [-0.05, 0) is 30.7 Å². The highest BCUT2D eigenvalue weighted by Crippen LogP contribution is 2.32. The third kappa shape index (κ3) is 3.65. The Morgan fingerprint density at radius 1 is 0.957 bits per heavy atom. The van der Waals surface area contributed by atoms with Crippen LogP contribution in [-0.4, -0.2) is 31.2 Å². The second-order valence-corrected chi connectivity index (χ2v) is 6.50. The number of hydrogen-bond acceptors (Lipinski definition) is 3. The molecule has 23 heavy (non-hydrogen) atoms. The van der Waals surface area contributed by atoms with E-state index >= 15 is 0 Å². The predicted molar refractivity (Wildman–Crippen MR) is 94.7 cm³/mol. The first-order chi connectivity index (χ1) is 11.1. The molecule has 0 bridgehead atoms. The second kappa shape index (κ2) is 7.12. The monoisotopic (exact) mass is 373 g/mol. The summed E-state index contributed by atoms with van der Waals surface area (Å²) in [5.41, 5.74) is 1.82. The largest absolute Gasteiger partial charge is 0.370 e. The summed E-state index contributed by atoms with van der Waals surface area (Å²) in [4.78, 5) is 8.38. The van der Waals surface area contributed by atoms with Crippen molar-refractivity contribution in [1.29, 1.82) is 0 Å². The molecular weight excluding hydrogens is 360 g/mol. The number of hydrogen-bond donors (Lipinski definition) is 0. The minimum atomic E-state index is -0.398. The summed E-state index contributed by atoms with van der Waals surface area (Å²) in [6.07, 6.45) is 2.61. The highest BCUT2D eigenvalue weighted by Gasteiger charge is 2.19. The zero-order valence-electron chi connectivity index (χ0n) is 12.3. The molecule has 0 unspecified atom stereocenters. The molecule has 122 valence electrons. The van der Waals surface area contributed by atoms with E-state index in [0.717, 1.165) is 44.0 Å². The highest BCUT2D eigenvalue weighted by molar-refractivity contribution is 6.42. The van der Waals surface area contributed by atoms with E-state index in [1.54, 1.807) is 18.3 Å². The van der Waals surface area contributed by atoms with Gasteiger partial charge < -0.3 is 9.80 Å². The van der Waals surface area contributed by atoms with Gasteiger partial charge >= 0.3 is 0 Å². The number of pyridine rings is 1. The molecule has 0 saturated carbocycles. The molecule has 3 nitrogen and oxygen atoms in total. The molecule has 0 amide bonds. The van der Waals surface area contributed by atoms with Gasteiger partial charge in [0.25, 0.3) is 0 Å². The summed E-state index contributed by atoms with van der Waals surface area (Å²) in [5, 5.41) is 0.940. The van der Waals surface area contributed by atoms with E-state index in [2.05, 4.69) is 14.8 Å². The third-order valence-corrected chi connectivity index (χ3v) is 4.98. The molecule has 0 N–H and O–H groups in total.